The topological polar surface area (TPSA) is 54.4 Å². The number of aliphatic hydroxyl groups is 1. The number of aryl methyl sites for hydroxylation is 1. The van der Waals surface area contributed by atoms with Crippen molar-refractivity contribution >= 4 is 9.84 Å². The average Bonchev–Trinajstić information content (AvgIpc) is 2.77. The van der Waals surface area contributed by atoms with Gasteiger partial charge in [-0.25, -0.2) is 26.0 Å². The number of halogens is 4. The molecule has 0 spiro atoms. The van der Waals surface area contributed by atoms with Crippen LogP contribution in [0.2, 0.25) is 0 Å². The van der Waals surface area contributed by atoms with Crippen LogP contribution in [-0.4, -0.2) is 25.7 Å². The zero-order chi connectivity index (χ0) is 21.4. The van der Waals surface area contributed by atoms with Crippen molar-refractivity contribution in [1.82, 2.24) is 0 Å². The summed E-state index contributed by atoms with van der Waals surface area (Å²) in [4.78, 5) is -0.353. The van der Waals surface area contributed by atoms with Gasteiger partial charge in [-0.05, 0) is 60.6 Å². The molecule has 0 bridgehead atoms. The molecule has 2 aromatic rings. The second kappa shape index (κ2) is 6.28. The van der Waals surface area contributed by atoms with E-state index in [9.17, 15) is 31.1 Å². The monoisotopic (exact) mass is 428 g/mol. The quantitative estimate of drug-likeness (QED) is 0.729. The Kier molecular flexibility index (Phi) is 4.41. The second-order valence-electron chi connectivity index (χ2n) is 8.14. The van der Waals surface area contributed by atoms with Crippen LogP contribution in [0.4, 0.5) is 17.6 Å². The number of alkyl halides is 2. The van der Waals surface area contributed by atoms with Crippen LogP contribution in [0.15, 0.2) is 29.2 Å². The number of rotatable bonds is 2. The molecule has 0 fully saturated rings. The van der Waals surface area contributed by atoms with E-state index in [4.69, 9.17) is 0 Å². The van der Waals surface area contributed by atoms with Crippen molar-refractivity contribution in [1.29, 1.82) is 0 Å². The van der Waals surface area contributed by atoms with Gasteiger partial charge < -0.3 is 5.11 Å². The first-order chi connectivity index (χ1) is 13.3. The maximum Gasteiger partial charge on any atom is 0.284 e. The van der Waals surface area contributed by atoms with Gasteiger partial charge >= 0.3 is 0 Å². The molecule has 1 unspecified atom stereocenters. The lowest BCUT2D eigenvalue weighted by Crippen LogP contribution is -2.39. The Morgan fingerprint density at radius 1 is 1.17 bits per heavy atom. The van der Waals surface area contributed by atoms with Gasteiger partial charge in [-0.3, -0.25) is 0 Å². The molecular formula is C21H20F4O3S. The van der Waals surface area contributed by atoms with E-state index in [1.165, 1.54) is 18.2 Å². The molecule has 0 heterocycles. The highest BCUT2D eigenvalue weighted by atomic mass is 32.2. The van der Waals surface area contributed by atoms with Crippen molar-refractivity contribution in [2.24, 2.45) is 0 Å². The van der Waals surface area contributed by atoms with Gasteiger partial charge in [-0.15, -0.1) is 0 Å². The van der Waals surface area contributed by atoms with Crippen LogP contribution in [0, 0.1) is 11.6 Å². The van der Waals surface area contributed by atoms with Gasteiger partial charge in [0.1, 0.15) is 11.6 Å². The zero-order valence-corrected chi connectivity index (χ0v) is 16.7. The fraction of sp³-hybridized carbons (Fsp3) is 0.429. The van der Waals surface area contributed by atoms with Crippen LogP contribution >= 0.6 is 0 Å². The van der Waals surface area contributed by atoms with Crippen molar-refractivity contribution < 1.29 is 31.1 Å². The van der Waals surface area contributed by atoms with E-state index in [2.05, 4.69) is 0 Å². The maximum atomic E-state index is 14.7. The fourth-order valence-electron chi connectivity index (χ4n) is 4.77. The lowest BCUT2D eigenvalue weighted by atomic mass is 9.76. The summed E-state index contributed by atoms with van der Waals surface area (Å²) in [5.74, 6) is -5.65. The summed E-state index contributed by atoms with van der Waals surface area (Å²) in [5, 5.41) is 10.6. The minimum absolute atomic E-state index is 0.0319. The Morgan fingerprint density at radius 2 is 1.86 bits per heavy atom. The van der Waals surface area contributed by atoms with E-state index in [1.807, 2.05) is 0 Å². The highest BCUT2D eigenvalue weighted by Gasteiger charge is 2.59. The summed E-state index contributed by atoms with van der Waals surface area (Å²) in [5.41, 5.74) is -1.87. The molecule has 0 amide bonds. The second-order valence-corrected chi connectivity index (χ2v) is 10.1. The predicted molar refractivity (Wildman–Crippen MR) is 98.9 cm³/mol. The molecule has 2 aliphatic rings. The molecule has 4 rings (SSSR count). The fourth-order valence-corrected chi connectivity index (χ4v) is 5.77. The number of hydrogen-bond donors (Lipinski definition) is 1. The predicted octanol–water partition coefficient (Wildman–Crippen LogP) is 4.24. The normalized spacial score (nSPS) is 25.6. The molecule has 1 N–H and O–H groups in total. The van der Waals surface area contributed by atoms with E-state index in [0.717, 1.165) is 19.2 Å². The molecule has 29 heavy (non-hydrogen) atoms. The summed E-state index contributed by atoms with van der Waals surface area (Å²) in [6, 6.07) is 4.65. The first-order valence-electron chi connectivity index (χ1n) is 9.29. The van der Waals surface area contributed by atoms with E-state index in [1.54, 1.807) is 0 Å². The van der Waals surface area contributed by atoms with Gasteiger partial charge in [0.25, 0.3) is 5.92 Å². The molecule has 0 saturated heterocycles. The number of fused-ring (bicyclic) bond motifs is 2. The third-order valence-electron chi connectivity index (χ3n) is 6.15. The van der Waals surface area contributed by atoms with Gasteiger partial charge in [-0.2, -0.15) is 0 Å². The first-order valence-corrected chi connectivity index (χ1v) is 11.2. The Labute approximate surface area is 166 Å². The summed E-state index contributed by atoms with van der Waals surface area (Å²) < 4.78 is 82.1. The van der Waals surface area contributed by atoms with E-state index in [-0.39, 0.29) is 21.6 Å². The molecule has 0 aromatic heterocycles. The van der Waals surface area contributed by atoms with E-state index >= 15 is 0 Å². The van der Waals surface area contributed by atoms with Gasteiger partial charge in [0.05, 0.1) is 4.90 Å². The molecule has 2 aliphatic carbocycles. The number of sulfone groups is 1. The van der Waals surface area contributed by atoms with Crippen LogP contribution in [0.3, 0.4) is 0 Å². The van der Waals surface area contributed by atoms with Crippen molar-refractivity contribution in [3.05, 3.63) is 63.7 Å². The molecule has 0 radical (unpaired) electrons. The third kappa shape index (κ3) is 2.99. The molecular weight excluding hydrogens is 408 g/mol. The number of benzene rings is 2. The summed E-state index contributed by atoms with van der Waals surface area (Å²) in [6.45, 7) is 0.905. The molecule has 156 valence electrons. The van der Waals surface area contributed by atoms with Crippen LogP contribution in [-0.2, 0) is 28.3 Å². The van der Waals surface area contributed by atoms with Gasteiger partial charge in [0, 0.05) is 30.2 Å². The van der Waals surface area contributed by atoms with Crippen LogP contribution in [0.25, 0.3) is 0 Å². The smallest absolute Gasteiger partial charge is 0.284 e. The largest absolute Gasteiger partial charge is 0.379 e. The maximum absolute atomic E-state index is 14.7. The molecule has 2 aromatic carbocycles. The SMILES string of the molecule is CC1(O)c2c(S(C)(=O)=O)ccc([C@H]3CCCc4cc(F)cc(F)c43)c2CC1(F)F. The average molecular weight is 428 g/mol. The van der Waals surface area contributed by atoms with Crippen LogP contribution < -0.4 is 0 Å². The summed E-state index contributed by atoms with van der Waals surface area (Å²) >= 11 is 0. The molecule has 0 aliphatic heterocycles. The van der Waals surface area contributed by atoms with Crippen molar-refractivity contribution in [2.75, 3.05) is 6.26 Å². The highest BCUT2D eigenvalue weighted by Crippen LogP contribution is 2.53. The molecule has 8 heteroatoms. The summed E-state index contributed by atoms with van der Waals surface area (Å²) in [7, 11) is -3.89. The Bertz CT molecular complexity index is 1120. The number of hydrogen-bond acceptors (Lipinski definition) is 3. The van der Waals surface area contributed by atoms with Crippen molar-refractivity contribution in [3.8, 4) is 0 Å². The Balaban J connectivity index is 2.00. The molecule has 3 nitrogen and oxygen atoms in total. The lowest BCUT2D eigenvalue weighted by molar-refractivity contribution is -0.164. The van der Waals surface area contributed by atoms with Gasteiger partial charge in [-0.1, -0.05) is 6.07 Å². The van der Waals surface area contributed by atoms with Gasteiger partial charge in [0.2, 0.25) is 0 Å². The minimum atomic E-state index is -3.89. The van der Waals surface area contributed by atoms with Crippen LogP contribution in [0.5, 0.6) is 0 Å². The Morgan fingerprint density at radius 3 is 2.52 bits per heavy atom. The molecule has 0 saturated carbocycles. The van der Waals surface area contributed by atoms with Crippen molar-refractivity contribution in [2.45, 2.75) is 54.9 Å². The molecule has 2 atom stereocenters. The zero-order valence-electron chi connectivity index (χ0n) is 15.9. The summed E-state index contributed by atoms with van der Waals surface area (Å²) in [6.07, 6.45) is 1.58. The lowest BCUT2D eigenvalue weighted by Gasteiger charge is -2.29. The van der Waals surface area contributed by atoms with Gasteiger partial charge in [0.15, 0.2) is 15.4 Å². The van der Waals surface area contributed by atoms with Crippen LogP contribution in [0.1, 0.15) is 53.5 Å². The first kappa shape index (κ1) is 20.3. The van der Waals surface area contributed by atoms with E-state index < -0.39 is 45.3 Å². The standard InChI is InChI=1S/C21H20F4O3S/c1-20(26)19-15(10-21(20,24)25)13(6-7-17(19)29(2,27)28)14-5-3-4-11-8-12(22)9-16(23)18(11)14/h6-9,14,26H,3-5,10H2,1-2H3/t14-,20?/m1/s1. The Hall–Kier alpha value is -1.93. The third-order valence-corrected chi connectivity index (χ3v) is 7.29. The highest BCUT2D eigenvalue weighted by molar-refractivity contribution is 7.90. The minimum Gasteiger partial charge on any atom is -0.379 e. The van der Waals surface area contributed by atoms with E-state index in [0.29, 0.717) is 30.4 Å². The van der Waals surface area contributed by atoms with Crippen molar-refractivity contribution in [3.63, 3.8) is 0 Å².